The molecule has 0 atom stereocenters. The summed E-state index contributed by atoms with van der Waals surface area (Å²) in [6.45, 7) is 5.74. The molecule has 1 aromatic heterocycles. The van der Waals surface area contributed by atoms with Gasteiger partial charge in [0.05, 0.1) is 0 Å². The van der Waals surface area contributed by atoms with Crippen molar-refractivity contribution in [3.8, 4) is 11.6 Å². The van der Waals surface area contributed by atoms with Gasteiger partial charge in [0.1, 0.15) is 5.82 Å². The quantitative estimate of drug-likeness (QED) is 0.894. The summed E-state index contributed by atoms with van der Waals surface area (Å²) >= 11 is 0. The molecule has 0 saturated heterocycles. The number of carbonyl (C=O) groups excluding carboxylic acids is 1. The second-order valence-electron chi connectivity index (χ2n) is 6.20. The molecule has 0 aliphatic heterocycles. The standard InChI is InChI=1S/C17H19F2N3O2/c1-17(2,3)22-16(23)21-10-11-5-4-8-20-15(11)24-14-7-6-12(18)9-13(14)19/h4-9H,10H2,1-3H3,(H2,21,22,23). The maximum atomic E-state index is 13.7. The van der Waals surface area contributed by atoms with Crippen molar-refractivity contribution in [2.45, 2.75) is 32.9 Å². The maximum Gasteiger partial charge on any atom is 0.315 e. The molecule has 2 aromatic rings. The molecule has 128 valence electrons. The largest absolute Gasteiger partial charge is 0.436 e. The number of nitrogens with one attached hydrogen (secondary N) is 2. The van der Waals surface area contributed by atoms with Crippen molar-refractivity contribution in [2.75, 3.05) is 0 Å². The molecular weight excluding hydrogens is 316 g/mol. The van der Waals surface area contributed by atoms with E-state index in [0.29, 0.717) is 5.56 Å². The third kappa shape index (κ3) is 5.19. The van der Waals surface area contributed by atoms with E-state index in [9.17, 15) is 13.6 Å². The molecule has 1 aromatic carbocycles. The second kappa shape index (κ2) is 7.25. The van der Waals surface area contributed by atoms with Gasteiger partial charge in [-0.3, -0.25) is 0 Å². The van der Waals surface area contributed by atoms with Crippen molar-refractivity contribution in [1.29, 1.82) is 0 Å². The molecule has 0 fully saturated rings. The van der Waals surface area contributed by atoms with Gasteiger partial charge in [-0.25, -0.2) is 18.6 Å². The summed E-state index contributed by atoms with van der Waals surface area (Å²) in [4.78, 5) is 15.8. The van der Waals surface area contributed by atoms with Crippen LogP contribution < -0.4 is 15.4 Å². The van der Waals surface area contributed by atoms with Gasteiger partial charge >= 0.3 is 6.03 Å². The highest BCUT2D eigenvalue weighted by molar-refractivity contribution is 5.74. The van der Waals surface area contributed by atoms with Gasteiger partial charge < -0.3 is 15.4 Å². The molecule has 0 saturated carbocycles. The molecule has 2 N–H and O–H groups in total. The first-order valence-electron chi connectivity index (χ1n) is 7.37. The van der Waals surface area contributed by atoms with Crippen LogP contribution in [-0.4, -0.2) is 16.6 Å². The van der Waals surface area contributed by atoms with Gasteiger partial charge in [0, 0.05) is 29.9 Å². The molecule has 2 amide bonds. The molecule has 5 nitrogen and oxygen atoms in total. The number of nitrogens with zero attached hydrogens (tertiary/aromatic N) is 1. The van der Waals surface area contributed by atoms with Crippen molar-refractivity contribution >= 4 is 6.03 Å². The Kier molecular flexibility index (Phi) is 5.33. The first-order valence-corrected chi connectivity index (χ1v) is 7.37. The van der Waals surface area contributed by atoms with Crippen molar-refractivity contribution < 1.29 is 18.3 Å². The lowest BCUT2D eigenvalue weighted by Gasteiger charge is -2.21. The minimum absolute atomic E-state index is 0.138. The SMILES string of the molecule is CC(C)(C)NC(=O)NCc1cccnc1Oc1ccc(F)cc1F. The Balaban J connectivity index is 2.09. The molecule has 24 heavy (non-hydrogen) atoms. The van der Waals surface area contributed by atoms with Gasteiger partial charge in [-0.05, 0) is 39.0 Å². The highest BCUT2D eigenvalue weighted by Crippen LogP contribution is 2.25. The van der Waals surface area contributed by atoms with Crippen LogP contribution in [0, 0.1) is 11.6 Å². The van der Waals surface area contributed by atoms with E-state index in [1.54, 1.807) is 12.1 Å². The zero-order valence-corrected chi connectivity index (χ0v) is 13.7. The van der Waals surface area contributed by atoms with Crippen LogP contribution in [0.3, 0.4) is 0 Å². The van der Waals surface area contributed by atoms with Crippen molar-refractivity contribution in [3.63, 3.8) is 0 Å². The van der Waals surface area contributed by atoms with Crippen LogP contribution in [0.1, 0.15) is 26.3 Å². The number of hydrogen-bond donors (Lipinski definition) is 2. The topological polar surface area (TPSA) is 63.2 Å². The van der Waals surface area contributed by atoms with Gasteiger partial charge in [0.2, 0.25) is 5.88 Å². The number of hydrogen-bond acceptors (Lipinski definition) is 3. The van der Waals surface area contributed by atoms with Crippen LogP contribution in [-0.2, 0) is 6.54 Å². The lowest BCUT2D eigenvalue weighted by atomic mass is 10.1. The van der Waals surface area contributed by atoms with Crippen LogP contribution in [0.15, 0.2) is 36.5 Å². The van der Waals surface area contributed by atoms with E-state index in [1.165, 1.54) is 12.3 Å². The van der Waals surface area contributed by atoms with Crippen LogP contribution in [0.5, 0.6) is 11.6 Å². The molecule has 0 aliphatic rings. The minimum Gasteiger partial charge on any atom is -0.436 e. The lowest BCUT2D eigenvalue weighted by Crippen LogP contribution is -2.46. The number of benzene rings is 1. The van der Waals surface area contributed by atoms with E-state index in [1.807, 2.05) is 20.8 Å². The van der Waals surface area contributed by atoms with Gasteiger partial charge in [0.25, 0.3) is 0 Å². The molecule has 0 bridgehead atoms. The maximum absolute atomic E-state index is 13.7. The minimum atomic E-state index is -0.829. The lowest BCUT2D eigenvalue weighted by molar-refractivity contribution is 0.231. The Morgan fingerprint density at radius 1 is 1.25 bits per heavy atom. The number of pyridine rings is 1. The highest BCUT2D eigenvalue weighted by atomic mass is 19.1. The molecule has 0 radical (unpaired) electrons. The predicted molar refractivity (Wildman–Crippen MR) is 85.8 cm³/mol. The van der Waals surface area contributed by atoms with Crippen molar-refractivity contribution in [2.24, 2.45) is 0 Å². The van der Waals surface area contributed by atoms with Gasteiger partial charge in [-0.2, -0.15) is 0 Å². The molecule has 7 heteroatoms. The van der Waals surface area contributed by atoms with Crippen LogP contribution in [0.4, 0.5) is 13.6 Å². The van der Waals surface area contributed by atoms with Crippen LogP contribution >= 0.6 is 0 Å². The number of rotatable bonds is 4. The summed E-state index contributed by atoms with van der Waals surface area (Å²) in [6, 6.07) is 6.03. The van der Waals surface area contributed by atoms with Crippen LogP contribution in [0.2, 0.25) is 0 Å². The van der Waals surface area contributed by atoms with Crippen LogP contribution in [0.25, 0.3) is 0 Å². The smallest absolute Gasteiger partial charge is 0.315 e. The summed E-state index contributed by atoms with van der Waals surface area (Å²) in [5.74, 6) is -1.53. The molecule has 0 spiro atoms. The van der Waals surface area contributed by atoms with E-state index in [0.717, 1.165) is 12.1 Å². The van der Waals surface area contributed by atoms with Gasteiger partial charge in [0.15, 0.2) is 11.6 Å². The van der Waals surface area contributed by atoms with E-state index in [-0.39, 0.29) is 29.7 Å². The predicted octanol–water partition coefficient (Wildman–Crippen LogP) is 3.75. The average molecular weight is 335 g/mol. The molecule has 2 rings (SSSR count). The van der Waals surface area contributed by atoms with E-state index in [4.69, 9.17) is 4.74 Å². The zero-order chi connectivity index (χ0) is 17.7. The molecule has 0 unspecified atom stereocenters. The van der Waals surface area contributed by atoms with Gasteiger partial charge in [-0.1, -0.05) is 6.07 Å². The fraction of sp³-hybridized carbons (Fsp3) is 0.294. The Labute approximate surface area is 139 Å². The molecule has 0 aliphatic carbocycles. The Hall–Kier alpha value is -2.70. The van der Waals surface area contributed by atoms with Gasteiger partial charge in [-0.15, -0.1) is 0 Å². The Morgan fingerprint density at radius 2 is 2.00 bits per heavy atom. The summed E-state index contributed by atoms with van der Waals surface area (Å²) < 4.78 is 32.0. The van der Waals surface area contributed by atoms with Crippen molar-refractivity contribution in [1.82, 2.24) is 15.6 Å². The summed E-state index contributed by atoms with van der Waals surface area (Å²) in [7, 11) is 0. The zero-order valence-electron chi connectivity index (χ0n) is 13.7. The average Bonchev–Trinajstić information content (AvgIpc) is 2.47. The number of ether oxygens (including phenoxy) is 1. The highest BCUT2D eigenvalue weighted by Gasteiger charge is 2.15. The Morgan fingerprint density at radius 3 is 2.67 bits per heavy atom. The monoisotopic (exact) mass is 335 g/mol. The third-order valence-corrected chi connectivity index (χ3v) is 2.88. The number of urea groups is 1. The normalized spacial score (nSPS) is 11.0. The number of carbonyl (C=O) groups is 1. The first-order chi connectivity index (χ1) is 11.2. The molecular formula is C17H19F2N3O2. The second-order valence-corrected chi connectivity index (χ2v) is 6.20. The van der Waals surface area contributed by atoms with E-state index < -0.39 is 11.6 Å². The summed E-state index contributed by atoms with van der Waals surface area (Å²) in [5.41, 5.74) is 0.195. The fourth-order valence-corrected chi connectivity index (χ4v) is 1.87. The van der Waals surface area contributed by atoms with E-state index in [2.05, 4.69) is 15.6 Å². The summed E-state index contributed by atoms with van der Waals surface area (Å²) in [6.07, 6.45) is 1.48. The number of aromatic nitrogens is 1. The number of amides is 2. The first kappa shape index (κ1) is 17.7. The fourth-order valence-electron chi connectivity index (χ4n) is 1.87. The molecule has 1 heterocycles. The summed E-state index contributed by atoms with van der Waals surface area (Å²) in [5, 5.41) is 5.44. The third-order valence-electron chi connectivity index (χ3n) is 2.88. The Bertz CT molecular complexity index is 730. The van der Waals surface area contributed by atoms with E-state index >= 15 is 0 Å². The van der Waals surface area contributed by atoms with Crippen molar-refractivity contribution in [3.05, 3.63) is 53.7 Å². The number of halogens is 2.